The Labute approximate surface area is 130 Å². The Morgan fingerprint density at radius 1 is 1.09 bits per heavy atom. The number of amides is 1. The lowest BCUT2D eigenvalue weighted by Crippen LogP contribution is -2.18. The van der Waals surface area contributed by atoms with Crippen LogP contribution in [-0.2, 0) is 0 Å². The number of hydrogen-bond acceptors (Lipinski definition) is 3. The van der Waals surface area contributed by atoms with E-state index in [1.807, 2.05) is 49.4 Å². The quantitative estimate of drug-likeness (QED) is 0.677. The van der Waals surface area contributed by atoms with E-state index in [2.05, 4.69) is 10.5 Å². The van der Waals surface area contributed by atoms with Gasteiger partial charge < -0.3 is 4.74 Å². The van der Waals surface area contributed by atoms with Crippen molar-refractivity contribution in [1.82, 2.24) is 5.43 Å². The number of carbonyl (C=O) groups excluding carboxylic acids is 1. The number of methoxy groups -OCH3 is 1. The Morgan fingerprint density at radius 2 is 1.77 bits per heavy atom. The van der Waals surface area contributed by atoms with Gasteiger partial charge in [-0.3, -0.25) is 4.79 Å². The zero-order valence-electron chi connectivity index (χ0n) is 12.6. The van der Waals surface area contributed by atoms with E-state index in [0.29, 0.717) is 11.3 Å². The van der Waals surface area contributed by atoms with Gasteiger partial charge in [-0.05, 0) is 30.2 Å². The van der Waals surface area contributed by atoms with E-state index in [9.17, 15) is 4.79 Å². The molecule has 1 N–H and O–H groups in total. The third kappa shape index (κ3) is 4.31. The van der Waals surface area contributed by atoms with Crippen molar-refractivity contribution in [3.63, 3.8) is 0 Å². The van der Waals surface area contributed by atoms with E-state index >= 15 is 0 Å². The molecule has 22 heavy (non-hydrogen) atoms. The molecule has 0 saturated carbocycles. The summed E-state index contributed by atoms with van der Waals surface area (Å²) in [6, 6.07) is 16.9. The fraction of sp³-hybridized carbons (Fsp3) is 0.111. The lowest BCUT2D eigenvalue weighted by Gasteiger charge is -2.05. The Bertz CT molecular complexity index is 691. The van der Waals surface area contributed by atoms with Crippen molar-refractivity contribution in [3.05, 3.63) is 71.3 Å². The first kappa shape index (κ1) is 15.5. The van der Waals surface area contributed by atoms with E-state index in [1.54, 1.807) is 24.4 Å². The number of nitrogens with zero attached hydrogens (tertiary/aromatic N) is 1. The molecule has 1 amide bonds. The molecule has 0 saturated heterocycles. The molecule has 0 fully saturated rings. The lowest BCUT2D eigenvalue weighted by molar-refractivity contribution is 0.0952. The van der Waals surface area contributed by atoms with Crippen LogP contribution in [0.4, 0.5) is 0 Å². The van der Waals surface area contributed by atoms with Crippen LogP contribution in [0.3, 0.4) is 0 Å². The number of para-hydroxylation sites is 1. The highest BCUT2D eigenvalue weighted by molar-refractivity contribution is 5.97. The molecule has 0 aliphatic heterocycles. The van der Waals surface area contributed by atoms with Crippen LogP contribution in [0.1, 0.15) is 22.8 Å². The first-order chi connectivity index (χ1) is 10.7. The molecule has 0 aromatic heterocycles. The van der Waals surface area contributed by atoms with Crippen LogP contribution in [0, 0.1) is 0 Å². The summed E-state index contributed by atoms with van der Waals surface area (Å²) in [5.74, 6) is 0.216. The Kier molecular flexibility index (Phi) is 5.49. The van der Waals surface area contributed by atoms with Crippen molar-refractivity contribution >= 4 is 18.2 Å². The predicted molar refractivity (Wildman–Crippen MR) is 89.0 cm³/mol. The standard InChI is InChI=1S/C18H18N2O2/c1-14(12-15-8-4-3-5-9-15)13-19-20-18(21)16-10-6-7-11-17(16)22-2/h3-13H,1-2H3,(H,20,21)/b14-12-,19-13-. The maximum absolute atomic E-state index is 12.0. The van der Waals surface area contributed by atoms with Gasteiger partial charge in [-0.2, -0.15) is 5.10 Å². The molecule has 0 atom stereocenters. The van der Waals surface area contributed by atoms with Crippen LogP contribution in [0.2, 0.25) is 0 Å². The summed E-state index contributed by atoms with van der Waals surface area (Å²) in [5, 5.41) is 3.97. The highest BCUT2D eigenvalue weighted by Crippen LogP contribution is 2.16. The first-order valence-electron chi connectivity index (χ1n) is 6.90. The number of hydrazone groups is 1. The summed E-state index contributed by atoms with van der Waals surface area (Å²) < 4.78 is 5.15. The minimum atomic E-state index is -0.304. The van der Waals surface area contributed by atoms with E-state index in [-0.39, 0.29) is 5.91 Å². The molecule has 2 aromatic carbocycles. The van der Waals surface area contributed by atoms with Gasteiger partial charge in [0.1, 0.15) is 5.75 Å². The number of benzene rings is 2. The van der Waals surface area contributed by atoms with E-state index in [0.717, 1.165) is 11.1 Å². The number of rotatable bonds is 5. The van der Waals surface area contributed by atoms with Crippen molar-refractivity contribution in [2.45, 2.75) is 6.92 Å². The summed E-state index contributed by atoms with van der Waals surface area (Å²) in [6.07, 6.45) is 3.60. The third-order valence-electron chi connectivity index (χ3n) is 2.98. The van der Waals surface area contributed by atoms with Crippen molar-refractivity contribution in [3.8, 4) is 5.75 Å². The number of nitrogens with one attached hydrogen (secondary N) is 1. The fourth-order valence-electron chi connectivity index (χ4n) is 1.93. The van der Waals surface area contributed by atoms with Crippen molar-refractivity contribution < 1.29 is 9.53 Å². The molecule has 0 heterocycles. The summed E-state index contributed by atoms with van der Waals surface area (Å²) in [6.45, 7) is 1.92. The molecule has 112 valence electrons. The van der Waals surface area contributed by atoms with Crippen LogP contribution < -0.4 is 10.2 Å². The van der Waals surface area contributed by atoms with Gasteiger partial charge in [-0.15, -0.1) is 0 Å². The Balaban J connectivity index is 2.00. The molecule has 4 heteroatoms. The number of carbonyl (C=O) groups is 1. The SMILES string of the molecule is COc1ccccc1C(=O)N/N=C\C(C)=C/c1ccccc1. The zero-order chi connectivity index (χ0) is 15.8. The molecule has 0 aliphatic carbocycles. The lowest BCUT2D eigenvalue weighted by atomic mass is 10.1. The summed E-state index contributed by atoms with van der Waals surface area (Å²) in [5.41, 5.74) is 4.97. The monoisotopic (exact) mass is 294 g/mol. The van der Waals surface area contributed by atoms with E-state index in [4.69, 9.17) is 4.74 Å². The fourth-order valence-corrected chi connectivity index (χ4v) is 1.93. The molecule has 0 unspecified atom stereocenters. The smallest absolute Gasteiger partial charge is 0.275 e. The molecule has 2 aromatic rings. The number of allylic oxidation sites excluding steroid dienone is 1. The molecular weight excluding hydrogens is 276 g/mol. The average Bonchev–Trinajstić information content (AvgIpc) is 2.55. The predicted octanol–water partition coefficient (Wildman–Crippen LogP) is 3.51. The molecule has 0 radical (unpaired) electrons. The topological polar surface area (TPSA) is 50.7 Å². The van der Waals surface area contributed by atoms with Gasteiger partial charge in [-0.25, -0.2) is 5.43 Å². The molecule has 2 rings (SSSR count). The third-order valence-corrected chi connectivity index (χ3v) is 2.98. The Hall–Kier alpha value is -2.88. The van der Waals surface area contributed by atoms with Crippen LogP contribution in [0.25, 0.3) is 6.08 Å². The van der Waals surface area contributed by atoms with Gasteiger partial charge >= 0.3 is 0 Å². The number of hydrogen-bond donors (Lipinski definition) is 1. The maximum atomic E-state index is 12.0. The Morgan fingerprint density at radius 3 is 2.50 bits per heavy atom. The second-order valence-corrected chi connectivity index (χ2v) is 4.70. The highest BCUT2D eigenvalue weighted by atomic mass is 16.5. The maximum Gasteiger partial charge on any atom is 0.275 e. The van der Waals surface area contributed by atoms with E-state index in [1.165, 1.54) is 7.11 Å². The average molecular weight is 294 g/mol. The van der Waals surface area contributed by atoms with Crippen molar-refractivity contribution in [2.75, 3.05) is 7.11 Å². The van der Waals surface area contributed by atoms with Gasteiger partial charge in [0.2, 0.25) is 0 Å². The highest BCUT2D eigenvalue weighted by Gasteiger charge is 2.09. The van der Waals surface area contributed by atoms with Crippen molar-refractivity contribution in [2.24, 2.45) is 5.10 Å². The van der Waals surface area contributed by atoms with Gasteiger partial charge in [-0.1, -0.05) is 48.5 Å². The summed E-state index contributed by atoms with van der Waals surface area (Å²) in [7, 11) is 1.53. The molecule has 0 aliphatic rings. The second-order valence-electron chi connectivity index (χ2n) is 4.70. The number of ether oxygens (including phenoxy) is 1. The van der Waals surface area contributed by atoms with Gasteiger partial charge in [0.25, 0.3) is 5.91 Å². The molecule has 4 nitrogen and oxygen atoms in total. The van der Waals surface area contributed by atoms with Crippen LogP contribution in [0.15, 0.2) is 65.3 Å². The molecule has 0 bridgehead atoms. The van der Waals surface area contributed by atoms with Crippen LogP contribution in [0.5, 0.6) is 5.75 Å². The van der Waals surface area contributed by atoms with Crippen molar-refractivity contribution in [1.29, 1.82) is 0 Å². The summed E-state index contributed by atoms with van der Waals surface area (Å²) >= 11 is 0. The van der Waals surface area contributed by atoms with Crippen LogP contribution >= 0.6 is 0 Å². The first-order valence-corrected chi connectivity index (χ1v) is 6.90. The van der Waals surface area contributed by atoms with Gasteiger partial charge in [0, 0.05) is 0 Å². The zero-order valence-corrected chi connectivity index (χ0v) is 12.6. The minimum Gasteiger partial charge on any atom is -0.496 e. The molecule has 0 spiro atoms. The van der Waals surface area contributed by atoms with E-state index < -0.39 is 0 Å². The molecular formula is C18H18N2O2. The van der Waals surface area contributed by atoms with Gasteiger partial charge in [0.15, 0.2) is 0 Å². The second kappa shape index (κ2) is 7.78. The summed E-state index contributed by atoms with van der Waals surface area (Å²) in [4.78, 5) is 12.0. The minimum absolute atomic E-state index is 0.304. The normalized spacial score (nSPS) is 11.5. The largest absolute Gasteiger partial charge is 0.496 e. The van der Waals surface area contributed by atoms with Gasteiger partial charge in [0.05, 0.1) is 18.9 Å². The van der Waals surface area contributed by atoms with Crippen LogP contribution in [-0.4, -0.2) is 19.2 Å².